The smallest absolute Gasteiger partial charge is 0.381 e. The first-order valence-corrected chi connectivity index (χ1v) is 7.64. The third-order valence-electron chi connectivity index (χ3n) is 4.42. The van der Waals surface area contributed by atoms with Crippen LogP contribution in [-0.4, -0.2) is 55.3 Å². The molecule has 2 fully saturated rings. The van der Waals surface area contributed by atoms with E-state index in [1.54, 1.807) is 0 Å². The van der Waals surface area contributed by atoms with E-state index in [2.05, 4.69) is 9.88 Å². The summed E-state index contributed by atoms with van der Waals surface area (Å²) in [4.78, 5) is 8.46. The van der Waals surface area contributed by atoms with Gasteiger partial charge in [0, 0.05) is 51.6 Å². The van der Waals surface area contributed by atoms with E-state index in [0.717, 1.165) is 51.3 Å². The third kappa shape index (κ3) is 3.52. The lowest BCUT2D eigenvalue weighted by atomic mass is 10.1. The van der Waals surface area contributed by atoms with E-state index in [1.807, 2.05) is 4.90 Å². The summed E-state index contributed by atoms with van der Waals surface area (Å²) < 4.78 is 43.7. The van der Waals surface area contributed by atoms with E-state index < -0.39 is 11.7 Å². The molecule has 0 unspecified atom stereocenters. The van der Waals surface area contributed by atoms with Crippen LogP contribution in [0.5, 0.6) is 0 Å². The van der Waals surface area contributed by atoms with Crippen molar-refractivity contribution in [3.05, 3.63) is 23.9 Å². The summed E-state index contributed by atoms with van der Waals surface area (Å²) >= 11 is 0. The van der Waals surface area contributed by atoms with Gasteiger partial charge in [-0.3, -0.25) is 4.90 Å². The van der Waals surface area contributed by atoms with Crippen LogP contribution in [0.25, 0.3) is 0 Å². The molecule has 0 atom stereocenters. The van der Waals surface area contributed by atoms with Crippen LogP contribution < -0.4 is 4.90 Å². The van der Waals surface area contributed by atoms with Gasteiger partial charge in [0.05, 0.1) is 5.56 Å². The van der Waals surface area contributed by atoms with Crippen molar-refractivity contribution in [1.82, 2.24) is 9.88 Å². The zero-order valence-corrected chi connectivity index (χ0v) is 12.4. The molecular weight excluding hydrogens is 295 g/mol. The number of nitrogens with zero attached hydrogens (tertiary/aromatic N) is 3. The minimum atomic E-state index is -4.32. The number of hydrogen-bond donors (Lipinski definition) is 0. The average molecular weight is 315 g/mol. The Kier molecular flexibility index (Phi) is 4.54. The van der Waals surface area contributed by atoms with Gasteiger partial charge in [0.25, 0.3) is 0 Å². The number of halogens is 3. The summed E-state index contributed by atoms with van der Waals surface area (Å²) in [5.41, 5.74) is -0.635. The van der Waals surface area contributed by atoms with E-state index in [1.165, 1.54) is 6.20 Å². The predicted molar refractivity (Wildman–Crippen MR) is 76.9 cm³/mol. The van der Waals surface area contributed by atoms with Gasteiger partial charge in [-0.15, -0.1) is 0 Å². The van der Waals surface area contributed by atoms with Gasteiger partial charge in [-0.25, -0.2) is 4.98 Å². The fourth-order valence-electron chi connectivity index (χ4n) is 3.13. The fourth-order valence-corrected chi connectivity index (χ4v) is 3.13. The van der Waals surface area contributed by atoms with Gasteiger partial charge < -0.3 is 9.64 Å². The average Bonchev–Trinajstić information content (AvgIpc) is 2.55. The molecule has 122 valence electrons. The maximum atomic E-state index is 12.8. The number of pyridine rings is 1. The highest BCUT2D eigenvalue weighted by Gasteiger charge is 2.32. The van der Waals surface area contributed by atoms with Gasteiger partial charge >= 0.3 is 6.18 Å². The fraction of sp³-hybridized carbons (Fsp3) is 0.667. The highest BCUT2D eigenvalue weighted by Crippen LogP contribution is 2.31. The van der Waals surface area contributed by atoms with Crippen LogP contribution in [0.2, 0.25) is 0 Å². The van der Waals surface area contributed by atoms with Crippen molar-refractivity contribution in [2.45, 2.75) is 25.1 Å². The Labute approximate surface area is 127 Å². The van der Waals surface area contributed by atoms with Crippen LogP contribution in [0.3, 0.4) is 0 Å². The van der Waals surface area contributed by atoms with E-state index >= 15 is 0 Å². The van der Waals surface area contributed by atoms with Gasteiger partial charge in [0.1, 0.15) is 5.82 Å². The van der Waals surface area contributed by atoms with Crippen molar-refractivity contribution in [3.8, 4) is 0 Å². The highest BCUT2D eigenvalue weighted by molar-refractivity contribution is 5.42. The predicted octanol–water partition coefficient (Wildman–Crippen LogP) is 2.40. The number of aromatic nitrogens is 1. The molecule has 2 saturated heterocycles. The first kappa shape index (κ1) is 15.6. The number of ether oxygens (including phenoxy) is 1. The van der Waals surface area contributed by atoms with Crippen LogP contribution in [0.1, 0.15) is 18.4 Å². The molecule has 3 heterocycles. The van der Waals surface area contributed by atoms with Crippen LogP contribution in [0, 0.1) is 0 Å². The third-order valence-corrected chi connectivity index (χ3v) is 4.42. The van der Waals surface area contributed by atoms with Gasteiger partial charge in [0.15, 0.2) is 0 Å². The lowest BCUT2D eigenvalue weighted by Gasteiger charge is -2.41. The number of hydrogen-bond acceptors (Lipinski definition) is 4. The van der Waals surface area contributed by atoms with Crippen molar-refractivity contribution < 1.29 is 17.9 Å². The van der Waals surface area contributed by atoms with Crippen molar-refractivity contribution >= 4 is 5.82 Å². The maximum absolute atomic E-state index is 12.8. The summed E-state index contributed by atoms with van der Waals surface area (Å²) in [5, 5.41) is 0. The first-order chi connectivity index (χ1) is 10.5. The van der Waals surface area contributed by atoms with E-state index in [0.29, 0.717) is 24.9 Å². The summed E-state index contributed by atoms with van der Waals surface area (Å²) in [7, 11) is 0. The zero-order chi connectivity index (χ0) is 15.6. The number of anilines is 1. The standard InChI is InChI=1S/C15H20F3N3O/c16-15(17,18)12-1-4-19-14(11-12)21-7-5-20(6-8-21)13-2-9-22-10-3-13/h1,4,11,13H,2-3,5-10H2. The topological polar surface area (TPSA) is 28.6 Å². The number of piperazine rings is 1. The summed E-state index contributed by atoms with van der Waals surface area (Å²) in [6, 6.07) is 2.71. The molecule has 2 aliphatic rings. The van der Waals surface area contributed by atoms with Crippen LogP contribution in [0.15, 0.2) is 18.3 Å². The van der Waals surface area contributed by atoms with Gasteiger partial charge in [-0.05, 0) is 25.0 Å². The van der Waals surface area contributed by atoms with Crippen molar-refractivity contribution in [2.24, 2.45) is 0 Å². The monoisotopic (exact) mass is 315 g/mol. The van der Waals surface area contributed by atoms with Gasteiger partial charge in [-0.1, -0.05) is 0 Å². The molecule has 3 rings (SSSR count). The Morgan fingerprint density at radius 3 is 2.41 bits per heavy atom. The summed E-state index contributed by atoms with van der Waals surface area (Å²) in [5.74, 6) is 0.418. The lowest BCUT2D eigenvalue weighted by molar-refractivity contribution is -0.137. The largest absolute Gasteiger partial charge is 0.416 e. The molecule has 1 aromatic rings. The molecule has 0 bridgehead atoms. The molecule has 0 amide bonds. The highest BCUT2D eigenvalue weighted by atomic mass is 19.4. The molecule has 0 N–H and O–H groups in total. The quantitative estimate of drug-likeness (QED) is 0.838. The Balaban J connectivity index is 1.61. The second-order valence-electron chi connectivity index (χ2n) is 5.77. The molecule has 0 spiro atoms. The molecule has 4 nitrogen and oxygen atoms in total. The summed E-state index contributed by atoms with van der Waals surface area (Å²) in [6.45, 7) is 4.77. The molecule has 22 heavy (non-hydrogen) atoms. The van der Waals surface area contributed by atoms with E-state index in [4.69, 9.17) is 4.74 Å². The molecule has 0 radical (unpaired) electrons. The Morgan fingerprint density at radius 1 is 1.09 bits per heavy atom. The molecule has 7 heteroatoms. The molecule has 0 saturated carbocycles. The Morgan fingerprint density at radius 2 is 1.77 bits per heavy atom. The molecule has 2 aliphatic heterocycles. The van der Waals surface area contributed by atoms with Crippen LogP contribution >= 0.6 is 0 Å². The Bertz CT molecular complexity index is 495. The first-order valence-electron chi connectivity index (χ1n) is 7.64. The molecule has 0 aromatic carbocycles. The second kappa shape index (κ2) is 6.42. The van der Waals surface area contributed by atoms with E-state index in [-0.39, 0.29) is 0 Å². The summed E-state index contributed by atoms with van der Waals surface area (Å²) in [6.07, 6.45) is -0.992. The van der Waals surface area contributed by atoms with Crippen molar-refractivity contribution in [3.63, 3.8) is 0 Å². The number of rotatable bonds is 2. The van der Waals surface area contributed by atoms with Gasteiger partial charge in [-0.2, -0.15) is 13.2 Å². The lowest BCUT2D eigenvalue weighted by Crippen LogP contribution is -2.51. The minimum Gasteiger partial charge on any atom is -0.381 e. The molecular formula is C15H20F3N3O. The van der Waals surface area contributed by atoms with E-state index in [9.17, 15) is 13.2 Å². The molecule has 0 aliphatic carbocycles. The van der Waals surface area contributed by atoms with Crippen molar-refractivity contribution in [2.75, 3.05) is 44.3 Å². The Hall–Kier alpha value is -1.34. The zero-order valence-electron chi connectivity index (χ0n) is 12.4. The van der Waals surface area contributed by atoms with Crippen LogP contribution in [0.4, 0.5) is 19.0 Å². The van der Waals surface area contributed by atoms with Gasteiger partial charge in [0.2, 0.25) is 0 Å². The maximum Gasteiger partial charge on any atom is 0.416 e. The molecule has 1 aromatic heterocycles. The SMILES string of the molecule is FC(F)(F)c1ccnc(N2CCN(C3CCOCC3)CC2)c1. The second-order valence-corrected chi connectivity index (χ2v) is 5.77. The number of alkyl halides is 3. The van der Waals surface area contributed by atoms with Crippen LogP contribution in [-0.2, 0) is 10.9 Å². The normalized spacial score (nSPS) is 22.0. The van der Waals surface area contributed by atoms with Crippen molar-refractivity contribution in [1.29, 1.82) is 0 Å². The minimum absolute atomic E-state index is 0.418.